The molecule has 0 aliphatic heterocycles. The maximum absolute atomic E-state index is 6.03. The number of nitrogens with one attached hydrogen (secondary N) is 2. The van der Waals surface area contributed by atoms with Crippen LogP contribution in [-0.2, 0) is 6.54 Å². The summed E-state index contributed by atoms with van der Waals surface area (Å²) in [5, 5.41) is 7.96. The van der Waals surface area contributed by atoms with Gasteiger partial charge >= 0.3 is 0 Å². The van der Waals surface area contributed by atoms with E-state index >= 15 is 0 Å². The molecule has 0 amide bonds. The first kappa shape index (κ1) is 12.8. The molecule has 0 fully saturated rings. The van der Waals surface area contributed by atoms with Crippen LogP contribution in [0.25, 0.3) is 0 Å². The number of rotatable bonds is 6. The summed E-state index contributed by atoms with van der Waals surface area (Å²) in [6.45, 7) is 5.66. The molecule has 1 rings (SSSR count). The van der Waals surface area contributed by atoms with Gasteiger partial charge in [0.05, 0.1) is 0 Å². The van der Waals surface area contributed by atoms with Gasteiger partial charge < -0.3 is 10.6 Å². The van der Waals surface area contributed by atoms with Crippen LogP contribution in [0, 0.1) is 0 Å². The van der Waals surface area contributed by atoms with E-state index in [1.165, 1.54) is 0 Å². The van der Waals surface area contributed by atoms with Crippen molar-refractivity contribution < 1.29 is 0 Å². The van der Waals surface area contributed by atoms with E-state index in [-0.39, 0.29) is 0 Å². The van der Waals surface area contributed by atoms with E-state index in [1.807, 2.05) is 18.2 Å². The lowest BCUT2D eigenvalue weighted by atomic mass is 10.2. The van der Waals surface area contributed by atoms with Crippen molar-refractivity contribution in [2.45, 2.75) is 13.5 Å². The molecular weight excluding hydrogens is 231 g/mol. The largest absolute Gasteiger partial charge is 0.316 e. The Morgan fingerprint density at radius 1 is 1.07 bits per heavy atom. The topological polar surface area (TPSA) is 24.1 Å². The van der Waals surface area contributed by atoms with Gasteiger partial charge in [0.1, 0.15) is 0 Å². The number of halogens is 2. The van der Waals surface area contributed by atoms with Crippen molar-refractivity contribution in [1.82, 2.24) is 10.6 Å². The van der Waals surface area contributed by atoms with E-state index in [0.717, 1.165) is 35.2 Å². The molecule has 0 heterocycles. The molecule has 4 heteroatoms. The van der Waals surface area contributed by atoms with Crippen LogP contribution in [0.5, 0.6) is 0 Å². The summed E-state index contributed by atoms with van der Waals surface area (Å²) in [7, 11) is 0. The maximum Gasteiger partial charge on any atom is 0.0465 e. The molecule has 84 valence electrons. The highest BCUT2D eigenvalue weighted by atomic mass is 35.5. The molecule has 1 aromatic carbocycles. The van der Waals surface area contributed by atoms with Crippen molar-refractivity contribution >= 4 is 23.2 Å². The van der Waals surface area contributed by atoms with Gasteiger partial charge in [-0.1, -0.05) is 36.2 Å². The molecular formula is C11H16Cl2N2. The van der Waals surface area contributed by atoms with Crippen molar-refractivity contribution in [2.24, 2.45) is 0 Å². The van der Waals surface area contributed by atoms with Crippen molar-refractivity contribution in [3.63, 3.8) is 0 Å². The van der Waals surface area contributed by atoms with Gasteiger partial charge in [-0.15, -0.1) is 0 Å². The minimum absolute atomic E-state index is 0.712. The van der Waals surface area contributed by atoms with Crippen molar-refractivity contribution in [1.29, 1.82) is 0 Å². The maximum atomic E-state index is 6.03. The third-order valence-corrected chi connectivity index (χ3v) is 2.80. The number of hydrogen-bond donors (Lipinski definition) is 2. The fraction of sp³-hybridized carbons (Fsp3) is 0.455. The van der Waals surface area contributed by atoms with E-state index in [0.29, 0.717) is 6.54 Å². The van der Waals surface area contributed by atoms with Crippen molar-refractivity contribution in [3.8, 4) is 0 Å². The van der Waals surface area contributed by atoms with E-state index < -0.39 is 0 Å². The second-order valence-corrected chi connectivity index (χ2v) is 4.04. The SMILES string of the molecule is CCNCCNCc1c(Cl)cccc1Cl. The fourth-order valence-corrected chi connectivity index (χ4v) is 1.80. The second kappa shape index (κ2) is 7.07. The first-order valence-electron chi connectivity index (χ1n) is 5.10. The molecule has 0 saturated carbocycles. The van der Waals surface area contributed by atoms with Crippen LogP contribution in [0.15, 0.2) is 18.2 Å². The zero-order chi connectivity index (χ0) is 11.1. The normalized spacial score (nSPS) is 10.6. The summed E-state index contributed by atoms with van der Waals surface area (Å²) < 4.78 is 0. The quantitative estimate of drug-likeness (QED) is 0.755. The first-order valence-corrected chi connectivity index (χ1v) is 5.85. The lowest BCUT2D eigenvalue weighted by Crippen LogP contribution is -2.26. The predicted molar refractivity (Wildman–Crippen MR) is 66.7 cm³/mol. The highest BCUT2D eigenvalue weighted by Gasteiger charge is 2.03. The predicted octanol–water partition coefficient (Wildman–Crippen LogP) is 2.69. The highest BCUT2D eigenvalue weighted by Crippen LogP contribution is 2.23. The number of benzene rings is 1. The molecule has 0 aliphatic rings. The van der Waals surface area contributed by atoms with Gasteiger partial charge in [0, 0.05) is 35.2 Å². The number of likely N-dealkylation sites (N-methyl/N-ethyl adjacent to an activating group) is 1. The minimum Gasteiger partial charge on any atom is -0.316 e. The Morgan fingerprint density at radius 3 is 2.27 bits per heavy atom. The summed E-state index contributed by atoms with van der Waals surface area (Å²) >= 11 is 12.1. The Hall–Kier alpha value is -0.280. The second-order valence-electron chi connectivity index (χ2n) is 3.23. The molecule has 2 N–H and O–H groups in total. The van der Waals surface area contributed by atoms with Crippen LogP contribution in [0.4, 0.5) is 0 Å². The molecule has 0 aromatic heterocycles. The zero-order valence-corrected chi connectivity index (χ0v) is 10.3. The molecule has 2 nitrogen and oxygen atoms in total. The summed E-state index contributed by atoms with van der Waals surface area (Å²) in [5.74, 6) is 0. The first-order chi connectivity index (χ1) is 7.25. The minimum atomic E-state index is 0.712. The smallest absolute Gasteiger partial charge is 0.0465 e. The average molecular weight is 247 g/mol. The van der Waals surface area contributed by atoms with Crippen molar-refractivity contribution in [3.05, 3.63) is 33.8 Å². The summed E-state index contributed by atoms with van der Waals surface area (Å²) in [4.78, 5) is 0. The number of hydrogen-bond acceptors (Lipinski definition) is 2. The van der Waals surface area contributed by atoms with E-state index in [9.17, 15) is 0 Å². The lowest BCUT2D eigenvalue weighted by Gasteiger charge is -2.08. The lowest BCUT2D eigenvalue weighted by molar-refractivity contribution is 0.625. The zero-order valence-electron chi connectivity index (χ0n) is 8.82. The van der Waals surface area contributed by atoms with Crippen LogP contribution in [-0.4, -0.2) is 19.6 Å². The molecule has 0 unspecified atom stereocenters. The third kappa shape index (κ3) is 4.39. The molecule has 0 spiro atoms. The Balaban J connectivity index is 2.37. The van der Waals surface area contributed by atoms with Crippen LogP contribution < -0.4 is 10.6 Å². The Bertz CT molecular complexity index is 282. The fourth-order valence-electron chi connectivity index (χ4n) is 1.27. The Kier molecular flexibility index (Phi) is 6.03. The average Bonchev–Trinajstić information content (AvgIpc) is 2.21. The van der Waals surface area contributed by atoms with Gasteiger partial charge in [-0.3, -0.25) is 0 Å². The monoisotopic (exact) mass is 246 g/mol. The summed E-state index contributed by atoms with van der Waals surface area (Å²) in [5.41, 5.74) is 0.970. The molecule has 0 aliphatic carbocycles. The van der Waals surface area contributed by atoms with Crippen LogP contribution in [0.2, 0.25) is 10.0 Å². The van der Waals surface area contributed by atoms with Gasteiger partial charge in [-0.25, -0.2) is 0 Å². The Morgan fingerprint density at radius 2 is 1.67 bits per heavy atom. The van der Waals surface area contributed by atoms with Crippen LogP contribution in [0.3, 0.4) is 0 Å². The van der Waals surface area contributed by atoms with E-state index in [1.54, 1.807) is 0 Å². The molecule has 0 radical (unpaired) electrons. The molecule has 15 heavy (non-hydrogen) atoms. The molecule has 1 aromatic rings. The van der Waals surface area contributed by atoms with Crippen LogP contribution in [0.1, 0.15) is 12.5 Å². The van der Waals surface area contributed by atoms with Crippen LogP contribution >= 0.6 is 23.2 Å². The van der Waals surface area contributed by atoms with Gasteiger partial charge in [0.15, 0.2) is 0 Å². The van der Waals surface area contributed by atoms with Gasteiger partial charge in [-0.2, -0.15) is 0 Å². The highest BCUT2D eigenvalue weighted by molar-refractivity contribution is 6.35. The molecule has 0 atom stereocenters. The molecule has 0 bridgehead atoms. The van der Waals surface area contributed by atoms with E-state index in [4.69, 9.17) is 23.2 Å². The van der Waals surface area contributed by atoms with Gasteiger partial charge in [-0.05, 0) is 18.7 Å². The third-order valence-electron chi connectivity index (χ3n) is 2.09. The molecule has 0 saturated heterocycles. The standard InChI is InChI=1S/C11H16Cl2N2/c1-2-14-6-7-15-8-9-10(12)4-3-5-11(9)13/h3-5,14-15H,2,6-8H2,1H3. The van der Waals surface area contributed by atoms with Gasteiger partial charge in [0.25, 0.3) is 0 Å². The van der Waals surface area contributed by atoms with E-state index in [2.05, 4.69) is 17.6 Å². The summed E-state index contributed by atoms with van der Waals surface area (Å²) in [6.07, 6.45) is 0. The van der Waals surface area contributed by atoms with Gasteiger partial charge in [0.2, 0.25) is 0 Å². The Labute approximate surface area is 101 Å². The van der Waals surface area contributed by atoms with Crippen molar-refractivity contribution in [2.75, 3.05) is 19.6 Å². The summed E-state index contributed by atoms with van der Waals surface area (Å²) in [6, 6.07) is 5.57.